The molecule has 0 spiro atoms. The standard InChI is InChI=1S/C15H16Br2N2O/c1-3-10(2)19-7-6-12(18-19)9-15(20)13-5-4-11(16)8-14(13)17/h4-8,10H,3,9H2,1-2H3. The first-order valence-corrected chi connectivity index (χ1v) is 8.12. The van der Waals surface area contributed by atoms with Gasteiger partial charge >= 0.3 is 0 Å². The fourth-order valence-corrected chi connectivity index (χ4v) is 3.15. The molecule has 20 heavy (non-hydrogen) atoms. The molecule has 0 aliphatic rings. The summed E-state index contributed by atoms with van der Waals surface area (Å²) in [5, 5.41) is 4.46. The highest BCUT2D eigenvalue weighted by Crippen LogP contribution is 2.23. The lowest BCUT2D eigenvalue weighted by molar-refractivity contribution is 0.0991. The maximum absolute atomic E-state index is 12.3. The molecule has 0 bridgehead atoms. The zero-order valence-corrected chi connectivity index (χ0v) is 14.6. The van der Waals surface area contributed by atoms with E-state index in [1.807, 2.05) is 35.1 Å². The summed E-state index contributed by atoms with van der Waals surface area (Å²) >= 11 is 6.81. The first kappa shape index (κ1) is 15.4. The van der Waals surface area contributed by atoms with E-state index >= 15 is 0 Å². The molecule has 0 radical (unpaired) electrons. The fourth-order valence-electron chi connectivity index (χ4n) is 1.88. The maximum atomic E-state index is 12.3. The second-order valence-electron chi connectivity index (χ2n) is 4.77. The van der Waals surface area contributed by atoms with E-state index in [1.165, 1.54) is 0 Å². The van der Waals surface area contributed by atoms with Gasteiger partial charge in [0.25, 0.3) is 0 Å². The molecular weight excluding hydrogens is 384 g/mol. The van der Waals surface area contributed by atoms with E-state index in [1.54, 1.807) is 0 Å². The van der Waals surface area contributed by atoms with Crippen LogP contribution < -0.4 is 0 Å². The Labute approximate surface area is 135 Å². The second-order valence-corrected chi connectivity index (χ2v) is 6.54. The normalized spacial score (nSPS) is 12.4. The Morgan fingerprint density at radius 1 is 1.35 bits per heavy atom. The van der Waals surface area contributed by atoms with Crippen molar-refractivity contribution in [3.63, 3.8) is 0 Å². The van der Waals surface area contributed by atoms with Gasteiger partial charge in [-0.15, -0.1) is 0 Å². The molecule has 1 unspecified atom stereocenters. The molecule has 0 aliphatic heterocycles. The molecule has 0 amide bonds. The van der Waals surface area contributed by atoms with Crippen molar-refractivity contribution < 1.29 is 4.79 Å². The van der Waals surface area contributed by atoms with Crippen LogP contribution in [0.3, 0.4) is 0 Å². The molecule has 2 aromatic rings. The van der Waals surface area contributed by atoms with E-state index in [0.29, 0.717) is 18.0 Å². The van der Waals surface area contributed by atoms with E-state index in [-0.39, 0.29) is 5.78 Å². The quantitative estimate of drug-likeness (QED) is 0.676. The minimum Gasteiger partial charge on any atom is -0.294 e. The highest BCUT2D eigenvalue weighted by Gasteiger charge is 2.13. The zero-order valence-electron chi connectivity index (χ0n) is 11.4. The van der Waals surface area contributed by atoms with Gasteiger partial charge in [0.2, 0.25) is 0 Å². The lowest BCUT2D eigenvalue weighted by Gasteiger charge is -2.08. The minimum absolute atomic E-state index is 0.0683. The van der Waals surface area contributed by atoms with Crippen molar-refractivity contribution in [3.8, 4) is 0 Å². The number of carbonyl (C=O) groups excluding carboxylic acids is 1. The van der Waals surface area contributed by atoms with Crippen LogP contribution in [0.15, 0.2) is 39.4 Å². The number of halogens is 2. The van der Waals surface area contributed by atoms with Gasteiger partial charge in [0.15, 0.2) is 5.78 Å². The molecule has 0 fully saturated rings. The van der Waals surface area contributed by atoms with Crippen LogP contribution in [0, 0.1) is 0 Å². The molecule has 1 aromatic heterocycles. The van der Waals surface area contributed by atoms with Gasteiger partial charge in [0.1, 0.15) is 0 Å². The summed E-state index contributed by atoms with van der Waals surface area (Å²) in [6.07, 6.45) is 3.28. The van der Waals surface area contributed by atoms with Crippen molar-refractivity contribution in [2.24, 2.45) is 0 Å². The molecular formula is C15H16Br2N2O. The van der Waals surface area contributed by atoms with Crippen LogP contribution in [-0.4, -0.2) is 15.6 Å². The summed E-state index contributed by atoms with van der Waals surface area (Å²) in [5.74, 6) is 0.0683. The fraction of sp³-hybridized carbons (Fsp3) is 0.333. The number of carbonyl (C=O) groups is 1. The van der Waals surface area contributed by atoms with Crippen molar-refractivity contribution in [3.05, 3.63) is 50.7 Å². The van der Waals surface area contributed by atoms with Crippen molar-refractivity contribution in [1.82, 2.24) is 9.78 Å². The molecule has 0 saturated heterocycles. The van der Waals surface area contributed by atoms with E-state index in [4.69, 9.17) is 0 Å². The third kappa shape index (κ3) is 3.58. The predicted octanol–water partition coefficient (Wildman–Crippen LogP) is 4.80. The SMILES string of the molecule is CCC(C)n1ccc(CC(=O)c2ccc(Br)cc2Br)n1. The van der Waals surface area contributed by atoms with Gasteiger partial charge in [-0.25, -0.2) is 0 Å². The van der Waals surface area contributed by atoms with Gasteiger partial charge in [-0.3, -0.25) is 9.48 Å². The Kier molecular flexibility index (Phi) is 5.16. The highest BCUT2D eigenvalue weighted by atomic mass is 79.9. The average Bonchev–Trinajstić information content (AvgIpc) is 2.86. The van der Waals surface area contributed by atoms with Gasteiger partial charge in [-0.1, -0.05) is 38.8 Å². The summed E-state index contributed by atoms with van der Waals surface area (Å²) in [4.78, 5) is 12.3. The van der Waals surface area contributed by atoms with Crippen LogP contribution >= 0.6 is 31.9 Å². The Bertz CT molecular complexity index is 622. The van der Waals surface area contributed by atoms with Gasteiger partial charge < -0.3 is 0 Å². The molecule has 0 saturated carbocycles. The van der Waals surface area contributed by atoms with Crippen molar-refractivity contribution in [1.29, 1.82) is 0 Å². The number of nitrogens with zero attached hydrogens (tertiary/aromatic N) is 2. The first-order chi connectivity index (χ1) is 9.51. The van der Waals surface area contributed by atoms with Crippen molar-refractivity contribution in [2.75, 3.05) is 0 Å². The lowest BCUT2D eigenvalue weighted by Crippen LogP contribution is -2.08. The van der Waals surface area contributed by atoms with E-state index in [9.17, 15) is 4.79 Å². The van der Waals surface area contributed by atoms with Gasteiger partial charge in [0, 0.05) is 26.7 Å². The molecule has 5 heteroatoms. The van der Waals surface area contributed by atoms with Crippen molar-refractivity contribution >= 4 is 37.6 Å². The Balaban J connectivity index is 2.13. The number of hydrogen-bond acceptors (Lipinski definition) is 2. The molecule has 1 aromatic carbocycles. The number of benzene rings is 1. The molecule has 3 nitrogen and oxygen atoms in total. The van der Waals surface area contributed by atoms with Crippen LogP contribution in [0.25, 0.3) is 0 Å². The number of aromatic nitrogens is 2. The average molecular weight is 400 g/mol. The highest BCUT2D eigenvalue weighted by molar-refractivity contribution is 9.11. The van der Waals surface area contributed by atoms with Crippen LogP contribution in [-0.2, 0) is 6.42 Å². The molecule has 1 heterocycles. The van der Waals surface area contributed by atoms with Crippen LogP contribution in [0.5, 0.6) is 0 Å². The van der Waals surface area contributed by atoms with E-state index in [2.05, 4.69) is 50.8 Å². The van der Waals surface area contributed by atoms with Gasteiger partial charge in [0.05, 0.1) is 12.1 Å². The van der Waals surface area contributed by atoms with Gasteiger partial charge in [-0.05, 0) is 37.6 Å². The number of hydrogen-bond donors (Lipinski definition) is 0. The molecule has 2 rings (SSSR count). The number of Topliss-reactive ketones (excluding diaryl/α,β-unsaturated/α-hetero) is 1. The lowest BCUT2D eigenvalue weighted by atomic mass is 10.1. The Hall–Kier alpha value is -0.940. The molecule has 1 atom stereocenters. The smallest absolute Gasteiger partial charge is 0.170 e. The minimum atomic E-state index is 0.0683. The van der Waals surface area contributed by atoms with E-state index in [0.717, 1.165) is 21.1 Å². The molecule has 0 aliphatic carbocycles. The third-order valence-corrected chi connectivity index (χ3v) is 4.43. The van der Waals surface area contributed by atoms with Crippen LogP contribution in [0.2, 0.25) is 0 Å². The summed E-state index contributed by atoms with van der Waals surface area (Å²) in [6.45, 7) is 4.24. The Morgan fingerprint density at radius 2 is 2.10 bits per heavy atom. The zero-order chi connectivity index (χ0) is 14.7. The first-order valence-electron chi connectivity index (χ1n) is 6.53. The number of rotatable bonds is 5. The summed E-state index contributed by atoms with van der Waals surface area (Å²) in [5.41, 5.74) is 1.50. The van der Waals surface area contributed by atoms with Crippen LogP contribution in [0.1, 0.15) is 42.4 Å². The van der Waals surface area contributed by atoms with E-state index < -0.39 is 0 Å². The summed E-state index contributed by atoms with van der Waals surface area (Å²) in [6, 6.07) is 7.85. The molecule has 106 valence electrons. The summed E-state index contributed by atoms with van der Waals surface area (Å²) in [7, 11) is 0. The summed E-state index contributed by atoms with van der Waals surface area (Å²) < 4.78 is 3.67. The maximum Gasteiger partial charge on any atom is 0.170 e. The predicted molar refractivity (Wildman–Crippen MR) is 87.1 cm³/mol. The number of ketones is 1. The third-order valence-electron chi connectivity index (χ3n) is 3.28. The molecule has 0 N–H and O–H groups in total. The largest absolute Gasteiger partial charge is 0.294 e. The second kappa shape index (κ2) is 6.68. The van der Waals surface area contributed by atoms with Gasteiger partial charge in [-0.2, -0.15) is 5.10 Å². The Morgan fingerprint density at radius 3 is 2.75 bits per heavy atom. The monoisotopic (exact) mass is 398 g/mol. The van der Waals surface area contributed by atoms with Crippen molar-refractivity contribution in [2.45, 2.75) is 32.7 Å². The van der Waals surface area contributed by atoms with Crippen LogP contribution in [0.4, 0.5) is 0 Å². The topological polar surface area (TPSA) is 34.9 Å².